The fraction of sp³-hybridized carbons (Fsp3) is 0.462. The molecule has 178 valence electrons. The van der Waals surface area contributed by atoms with Gasteiger partial charge in [-0.05, 0) is 56.4 Å². The van der Waals surface area contributed by atoms with E-state index >= 15 is 0 Å². The molecular formula is C26H35N3O4. The van der Waals surface area contributed by atoms with Crippen molar-refractivity contribution in [3.63, 3.8) is 0 Å². The molecule has 0 aliphatic heterocycles. The van der Waals surface area contributed by atoms with Crippen LogP contribution in [0.4, 0.5) is 4.79 Å². The van der Waals surface area contributed by atoms with Crippen LogP contribution in [0, 0.1) is 0 Å². The lowest BCUT2D eigenvalue weighted by Gasteiger charge is -2.29. The zero-order valence-electron chi connectivity index (χ0n) is 19.6. The molecule has 33 heavy (non-hydrogen) atoms. The Hall–Kier alpha value is -3.22. The second-order valence-electron chi connectivity index (χ2n) is 8.24. The number of amides is 3. The van der Waals surface area contributed by atoms with Crippen LogP contribution in [0.25, 0.3) is 0 Å². The normalized spacial score (nSPS) is 14.4. The van der Waals surface area contributed by atoms with Crippen molar-refractivity contribution in [1.82, 2.24) is 16.0 Å². The highest BCUT2D eigenvalue weighted by molar-refractivity contribution is 5.91. The summed E-state index contributed by atoms with van der Waals surface area (Å²) >= 11 is 0. The minimum Gasteiger partial charge on any atom is -0.490 e. The van der Waals surface area contributed by atoms with E-state index in [0.29, 0.717) is 51.3 Å². The third-order valence-corrected chi connectivity index (χ3v) is 5.85. The van der Waals surface area contributed by atoms with Crippen LogP contribution >= 0.6 is 0 Å². The van der Waals surface area contributed by atoms with Crippen molar-refractivity contribution in [2.45, 2.75) is 58.0 Å². The number of ether oxygens (including phenoxy) is 2. The first-order valence-electron chi connectivity index (χ1n) is 11.8. The lowest BCUT2D eigenvalue weighted by Crippen LogP contribution is -2.59. The highest BCUT2D eigenvalue weighted by atomic mass is 16.5. The lowest BCUT2D eigenvalue weighted by atomic mass is 9.96. The van der Waals surface area contributed by atoms with E-state index in [9.17, 15) is 9.59 Å². The van der Waals surface area contributed by atoms with Crippen LogP contribution in [0.1, 0.15) is 50.7 Å². The van der Waals surface area contributed by atoms with Gasteiger partial charge in [-0.25, -0.2) is 4.79 Å². The predicted octanol–water partition coefficient (Wildman–Crippen LogP) is 3.95. The Morgan fingerprint density at radius 2 is 1.58 bits per heavy atom. The maximum atomic E-state index is 13.1. The first-order chi connectivity index (χ1) is 16.1. The Balaban J connectivity index is 1.53. The Morgan fingerprint density at radius 3 is 2.27 bits per heavy atom. The van der Waals surface area contributed by atoms with Crippen LogP contribution in [-0.2, 0) is 17.8 Å². The van der Waals surface area contributed by atoms with Gasteiger partial charge in [0.1, 0.15) is 5.54 Å². The minimum atomic E-state index is -0.851. The summed E-state index contributed by atoms with van der Waals surface area (Å²) in [7, 11) is 0. The number of benzene rings is 2. The second-order valence-corrected chi connectivity index (χ2v) is 8.24. The summed E-state index contributed by atoms with van der Waals surface area (Å²) in [5.41, 5.74) is 1.21. The summed E-state index contributed by atoms with van der Waals surface area (Å²) in [5.74, 6) is 1.32. The number of carbonyl (C=O) groups is 2. The molecule has 3 amide bonds. The van der Waals surface area contributed by atoms with Crippen LogP contribution in [-0.4, -0.2) is 37.2 Å². The molecule has 0 unspecified atom stereocenters. The molecule has 0 aromatic heterocycles. The number of carbonyl (C=O) groups excluding carboxylic acids is 2. The molecule has 1 aliphatic carbocycles. The maximum absolute atomic E-state index is 13.1. The van der Waals surface area contributed by atoms with Crippen molar-refractivity contribution < 1.29 is 19.1 Å². The third kappa shape index (κ3) is 6.88. The predicted molar refractivity (Wildman–Crippen MR) is 129 cm³/mol. The largest absolute Gasteiger partial charge is 0.490 e. The zero-order chi connectivity index (χ0) is 23.5. The molecule has 7 nitrogen and oxygen atoms in total. The lowest BCUT2D eigenvalue weighted by molar-refractivity contribution is -0.127. The van der Waals surface area contributed by atoms with Crippen LogP contribution < -0.4 is 25.4 Å². The number of hydrogen-bond donors (Lipinski definition) is 3. The van der Waals surface area contributed by atoms with Crippen molar-refractivity contribution in [3.05, 3.63) is 59.7 Å². The average molecular weight is 454 g/mol. The maximum Gasteiger partial charge on any atom is 0.315 e. The van der Waals surface area contributed by atoms with Gasteiger partial charge in [0.05, 0.1) is 13.2 Å². The molecule has 0 atom stereocenters. The highest BCUT2D eigenvalue weighted by Gasteiger charge is 2.42. The molecular weight excluding hydrogens is 418 g/mol. The fourth-order valence-corrected chi connectivity index (χ4v) is 4.17. The van der Waals surface area contributed by atoms with Crippen molar-refractivity contribution in [1.29, 1.82) is 0 Å². The van der Waals surface area contributed by atoms with E-state index < -0.39 is 5.54 Å². The summed E-state index contributed by atoms with van der Waals surface area (Å²) in [6, 6.07) is 15.2. The molecule has 3 rings (SSSR count). The molecule has 0 heterocycles. The first kappa shape index (κ1) is 24.4. The highest BCUT2D eigenvalue weighted by Crippen LogP contribution is 2.30. The molecule has 3 N–H and O–H groups in total. The monoisotopic (exact) mass is 453 g/mol. The summed E-state index contributed by atoms with van der Waals surface area (Å²) in [5, 5.41) is 8.86. The van der Waals surface area contributed by atoms with Crippen molar-refractivity contribution in [3.8, 4) is 11.5 Å². The standard InChI is InChI=1S/C26H35N3O4/c1-3-32-22-13-12-20(18-23(22)33-4-2)14-17-27-24(30)26(15-8-9-16-26)29-25(31)28-19-21-10-6-5-7-11-21/h5-7,10-13,18H,3-4,8-9,14-17,19H2,1-2H3,(H,27,30)(H2,28,29,31). The molecule has 1 fully saturated rings. The summed E-state index contributed by atoms with van der Waals surface area (Å²) in [4.78, 5) is 25.6. The van der Waals surface area contributed by atoms with Crippen LogP contribution in [0.2, 0.25) is 0 Å². The molecule has 1 aliphatic rings. The number of hydrogen-bond acceptors (Lipinski definition) is 4. The second kappa shape index (κ2) is 12.1. The first-order valence-corrected chi connectivity index (χ1v) is 11.8. The third-order valence-electron chi connectivity index (χ3n) is 5.85. The van der Waals surface area contributed by atoms with E-state index in [4.69, 9.17) is 9.47 Å². The fourth-order valence-electron chi connectivity index (χ4n) is 4.17. The molecule has 0 bridgehead atoms. The Labute approximate surface area is 196 Å². The molecule has 7 heteroatoms. The Morgan fingerprint density at radius 1 is 0.879 bits per heavy atom. The van der Waals surface area contributed by atoms with Gasteiger partial charge in [0, 0.05) is 13.1 Å². The van der Waals surface area contributed by atoms with Crippen LogP contribution in [0.15, 0.2) is 48.5 Å². The summed E-state index contributed by atoms with van der Waals surface area (Å²) in [6.07, 6.45) is 3.80. The number of rotatable bonds is 11. The van der Waals surface area contributed by atoms with Gasteiger partial charge in [-0.2, -0.15) is 0 Å². The topological polar surface area (TPSA) is 88.7 Å². The van der Waals surface area contributed by atoms with E-state index in [1.54, 1.807) is 0 Å². The van der Waals surface area contributed by atoms with E-state index in [2.05, 4.69) is 16.0 Å². The van der Waals surface area contributed by atoms with Gasteiger partial charge in [0.15, 0.2) is 11.5 Å². The minimum absolute atomic E-state index is 0.120. The van der Waals surface area contributed by atoms with Crippen molar-refractivity contribution in [2.24, 2.45) is 0 Å². The average Bonchev–Trinajstić information content (AvgIpc) is 3.30. The van der Waals surface area contributed by atoms with Gasteiger partial charge in [-0.15, -0.1) is 0 Å². The molecule has 2 aromatic rings. The molecule has 0 radical (unpaired) electrons. The summed E-state index contributed by atoms with van der Waals surface area (Å²) < 4.78 is 11.3. The van der Waals surface area contributed by atoms with Gasteiger partial charge >= 0.3 is 6.03 Å². The van der Waals surface area contributed by atoms with Gasteiger partial charge in [-0.1, -0.05) is 49.2 Å². The smallest absolute Gasteiger partial charge is 0.315 e. The quantitative estimate of drug-likeness (QED) is 0.481. The number of nitrogens with one attached hydrogen (secondary N) is 3. The zero-order valence-corrected chi connectivity index (χ0v) is 19.6. The molecule has 0 spiro atoms. The number of urea groups is 1. The molecule has 1 saturated carbocycles. The van der Waals surface area contributed by atoms with E-state index in [-0.39, 0.29) is 11.9 Å². The Kier molecular flexibility index (Phi) is 8.98. The van der Waals surface area contributed by atoms with Crippen LogP contribution in [0.5, 0.6) is 11.5 Å². The van der Waals surface area contributed by atoms with Gasteiger partial charge in [0.2, 0.25) is 5.91 Å². The molecule has 0 saturated heterocycles. The van der Waals surface area contributed by atoms with E-state index in [1.165, 1.54) is 0 Å². The molecule has 2 aromatic carbocycles. The Bertz CT molecular complexity index is 911. The van der Waals surface area contributed by atoms with Gasteiger partial charge < -0.3 is 25.4 Å². The van der Waals surface area contributed by atoms with Crippen molar-refractivity contribution in [2.75, 3.05) is 19.8 Å². The van der Waals surface area contributed by atoms with Crippen molar-refractivity contribution >= 4 is 11.9 Å². The van der Waals surface area contributed by atoms with E-state index in [1.807, 2.05) is 62.4 Å². The summed E-state index contributed by atoms with van der Waals surface area (Å²) in [6.45, 7) is 5.91. The van der Waals surface area contributed by atoms with Gasteiger partial charge in [-0.3, -0.25) is 4.79 Å². The van der Waals surface area contributed by atoms with E-state index in [0.717, 1.165) is 29.7 Å². The van der Waals surface area contributed by atoms with Crippen LogP contribution in [0.3, 0.4) is 0 Å². The van der Waals surface area contributed by atoms with Gasteiger partial charge in [0.25, 0.3) is 0 Å². The SMILES string of the molecule is CCOc1ccc(CCNC(=O)C2(NC(=O)NCc3ccccc3)CCCC2)cc1OCC.